The molecule has 1 aromatic heterocycles. The predicted molar refractivity (Wildman–Crippen MR) is 88.6 cm³/mol. The molecule has 0 saturated heterocycles. The molecular formula is C15H25N3O2S. The molecule has 0 spiro atoms. The second-order valence-electron chi connectivity index (χ2n) is 5.30. The molecule has 0 radical (unpaired) electrons. The van der Waals surface area contributed by atoms with Gasteiger partial charge in [-0.2, -0.15) is 0 Å². The van der Waals surface area contributed by atoms with Crippen molar-refractivity contribution in [2.75, 3.05) is 44.3 Å². The number of nitrogens with two attached hydrogens (primary N) is 1. The van der Waals surface area contributed by atoms with E-state index in [1.807, 2.05) is 0 Å². The molecule has 1 aliphatic carbocycles. The van der Waals surface area contributed by atoms with Crippen LogP contribution >= 0.6 is 11.3 Å². The lowest BCUT2D eigenvalue weighted by Gasteiger charge is -2.18. The number of ketones is 1. The van der Waals surface area contributed by atoms with E-state index in [9.17, 15) is 4.79 Å². The van der Waals surface area contributed by atoms with Crippen LogP contribution in [0.4, 0.5) is 10.7 Å². The number of nitrogens with zero attached hydrogens (tertiary/aromatic N) is 1. The number of likely N-dealkylation sites (N-methyl/N-ethyl adjacent to an activating group) is 1. The molecule has 1 heterocycles. The van der Waals surface area contributed by atoms with Crippen molar-refractivity contribution in [1.82, 2.24) is 4.90 Å². The van der Waals surface area contributed by atoms with Crippen LogP contribution in [0.15, 0.2) is 0 Å². The van der Waals surface area contributed by atoms with E-state index in [2.05, 4.69) is 24.1 Å². The highest BCUT2D eigenvalue weighted by molar-refractivity contribution is 7.19. The zero-order valence-corrected chi connectivity index (χ0v) is 13.9. The molecule has 1 fully saturated rings. The lowest BCUT2D eigenvalue weighted by atomic mass is 10.2. The zero-order valence-electron chi connectivity index (χ0n) is 13.1. The lowest BCUT2D eigenvalue weighted by molar-refractivity contribution is 0.0972. The maximum absolute atomic E-state index is 12.2. The molecule has 1 saturated carbocycles. The minimum absolute atomic E-state index is 0.174. The first-order valence-electron chi connectivity index (χ1n) is 7.59. The van der Waals surface area contributed by atoms with Gasteiger partial charge in [-0.15, -0.1) is 11.3 Å². The van der Waals surface area contributed by atoms with Crippen molar-refractivity contribution in [3.63, 3.8) is 0 Å². The van der Waals surface area contributed by atoms with Crippen molar-refractivity contribution in [2.45, 2.75) is 26.7 Å². The van der Waals surface area contributed by atoms with E-state index in [0.29, 0.717) is 16.3 Å². The van der Waals surface area contributed by atoms with Crippen molar-refractivity contribution in [1.29, 1.82) is 0 Å². The van der Waals surface area contributed by atoms with Crippen LogP contribution in [0.2, 0.25) is 0 Å². The van der Waals surface area contributed by atoms with E-state index in [-0.39, 0.29) is 11.7 Å². The molecule has 0 unspecified atom stereocenters. The normalized spacial score (nSPS) is 14.5. The molecule has 0 aliphatic heterocycles. The molecule has 2 rings (SSSR count). The molecule has 0 aromatic carbocycles. The number of Topliss-reactive ketones (excluding diaryl/α,β-unsaturated/α-hetero) is 1. The average molecular weight is 311 g/mol. The maximum atomic E-state index is 12.2. The average Bonchev–Trinajstić information content (AvgIpc) is 3.28. The molecule has 1 aliphatic rings. The van der Waals surface area contributed by atoms with Gasteiger partial charge < -0.3 is 20.7 Å². The SMILES string of the molecule is CCN(CC)CCNc1sc(C(=O)C2CC2)c(N)c1OC. The van der Waals surface area contributed by atoms with E-state index in [4.69, 9.17) is 10.5 Å². The Morgan fingerprint density at radius 2 is 2.10 bits per heavy atom. The number of thiophene rings is 1. The van der Waals surface area contributed by atoms with Gasteiger partial charge in [0.2, 0.25) is 0 Å². The second-order valence-corrected chi connectivity index (χ2v) is 6.32. The number of hydrogen-bond acceptors (Lipinski definition) is 6. The fraction of sp³-hybridized carbons (Fsp3) is 0.667. The van der Waals surface area contributed by atoms with E-state index in [1.165, 1.54) is 11.3 Å². The van der Waals surface area contributed by atoms with Gasteiger partial charge in [-0.05, 0) is 25.9 Å². The number of carbonyl (C=O) groups is 1. The Balaban J connectivity index is 2.04. The molecule has 0 bridgehead atoms. The van der Waals surface area contributed by atoms with Gasteiger partial charge in [0.05, 0.1) is 17.7 Å². The standard InChI is InChI=1S/C15H25N3O2S/c1-4-18(5-2)9-8-17-15-13(20-3)11(16)14(21-15)12(19)10-6-7-10/h10,17H,4-9,16H2,1-3H3. The number of nitrogens with one attached hydrogen (secondary N) is 1. The Hall–Kier alpha value is -1.27. The Morgan fingerprint density at radius 3 is 2.62 bits per heavy atom. The Morgan fingerprint density at radius 1 is 1.43 bits per heavy atom. The molecule has 21 heavy (non-hydrogen) atoms. The largest absolute Gasteiger partial charge is 0.492 e. The highest BCUT2D eigenvalue weighted by Gasteiger charge is 2.34. The Kier molecular flexibility index (Phi) is 5.47. The summed E-state index contributed by atoms with van der Waals surface area (Å²) in [6.07, 6.45) is 1.98. The number of nitrogen functional groups attached to an aromatic ring is 1. The molecule has 5 nitrogen and oxygen atoms in total. The Bertz CT molecular complexity index is 493. The third-order valence-corrected chi connectivity index (χ3v) is 5.04. The number of carbonyl (C=O) groups excluding carboxylic acids is 1. The quantitative estimate of drug-likeness (QED) is 0.686. The first kappa shape index (κ1) is 16.1. The van der Waals surface area contributed by atoms with Gasteiger partial charge in [0.15, 0.2) is 11.5 Å². The minimum atomic E-state index is 0.174. The summed E-state index contributed by atoms with van der Waals surface area (Å²) in [5, 5.41) is 4.23. The van der Waals surface area contributed by atoms with Crippen LogP contribution in [0.25, 0.3) is 0 Å². The minimum Gasteiger partial charge on any atom is -0.492 e. The van der Waals surface area contributed by atoms with Gasteiger partial charge in [0.1, 0.15) is 5.00 Å². The van der Waals surface area contributed by atoms with Gasteiger partial charge in [0, 0.05) is 19.0 Å². The third kappa shape index (κ3) is 3.68. The van der Waals surface area contributed by atoms with Gasteiger partial charge in [0.25, 0.3) is 0 Å². The number of methoxy groups -OCH3 is 1. The summed E-state index contributed by atoms with van der Waals surface area (Å²) in [7, 11) is 1.60. The van der Waals surface area contributed by atoms with Gasteiger partial charge in [-0.1, -0.05) is 13.8 Å². The summed E-state index contributed by atoms with van der Waals surface area (Å²) in [4.78, 5) is 15.2. The molecule has 1 aromatic rings. The first-order chi connectivity index (χ1) is 10.1. The first-order valence-corrected chi connectivity index (χ1v) is 8.40. The lowest BCUT2D eigenvalue weighted by Crippen LogP contribution is -2.28. The fourth-order valence-electron chi connectivity index (χ4n) is 2.33. The number of rotatable bonds is 9. The number of anilines is 2. The van der Waals surface area contributed by atoms with Crippen LogP contribution in [0.3, 0.4) is 0 Å². The predicted octanol–water partition coefficient (Wildman–Crippen LogP) is 2.69. The van der Waals surface area contributed by atoms with Crippen molar-refractivity contribution in [3.05, 3.63) is 4.88 Å². The summed E-state index contributed by atoms with van der Waals surface area (Å²) < 4.78 is 5.37. The third-order valence-electron chi connectivity index (χ3n) is 3.88. The van der Waals surface area contributed by atoms with Crippen molar-refractivity contribution < 1.29 is 9.53 Å². The summed E-state index contributed by atoms with van der Waals surface area (Å²) in [5.74, 6) is 0.968. The molecule has 0 atom stereocenters. The van der Waals surface area contributed by atoms with Crippen LogP contribution < -0.4 is 15.8 Å². The number of hydrogen-bond donors (Lipinski definition) is 2. The van der Waals surface area contributed by atoms with Crippen LogP contribution in [-0.4, -0.2) is 44.0 Å². The monoisotopic (exact) mass is 311 g/mol. The smallest absolute Gasteiger partial charge is 0.178 e. The Labute approximate surface area is 130 Å². The van der Waals surface area contributed by atoms with Crippen molar-refractivity contribution in [2.24, 2.45) is 5.92 Å². The summed E-state index contributed by atoms with van der Waals surface area (Å²) >= 11 is 1.42. The highest BCUT2D eigenvalue weighted by atomic mass is 32.1. The van der Waals surface area contributed by atoms with Crippen molar-refractivity contribution in [3.8, 4) is 5.75 Å². The zero-order chi connectivity index (χ0) is 15.4. The summed E-state index contributed by atoms with van der Waals surface area (Å²) in [5.41, 5.74) is 6.57. The van der Waals surface area contributed by atoms with Crippen LogP contribution in [0, 0.1) is 5.92 Å². The topological polar surface area (TPSA) is 67.6 Å². The molecule has 0 amide bonds. The highest BCUT2D eigenvalue weighted by Crippen LogP contribution is 2.45. The second kappa shape index (κ2) is 7.13. The molecule has 6 heteroatoms. The van der Waals surface area contributed by atoms with E-state index in [0.717, 1.165) is 44.0 Å². The summed E-state index contributed by atoms with van der Waals surface area (Å²) in [6.45, 7) is 8.15. The molecular weight excluding hydrogens is 286 g/mol. The van der Waals surface area contributed by atoms with E-state index < -0.39 is 0 Å². The van der Waals surface area contributed by atoms with Gasteiger partial charge in [-0.25, -0.2) is 0 Å². The summed E-state index contributed by atoms with van der Waals surface area (Å²) in [6, 6.07) is 0. The fourth-order valence-corrected chi connectivity index (χ4v) is 3.46. The molecule has 118 valence electrons. The van der Waals surface area contributed by atoms with Crippen molar-refractivity contribution >= 4 is 27.8 Å². The maximum Gasteiger partial charge on any atom is 0.178 e. The van der Waals surface area contributed by atoms with Crippen LogP contribution in [0.1, 0.15) is 36.4 Å². The van der Waals surface area contributed by atoms with E-state index in [1.54, 1.807) is 7.11 Å². The van der Waals surface area contributed by atoms with Gasteiger partial charge >= 0.3 is 0 Å². The number of ether oxygens (including phenoxy) is 1. The van der Waals surface area contributed by atoms with Gasteiger partial charge in [-0.3, -0.25) is 4.79 Å². The molecule has 3 N–H and O–H groups in total. The van der Waals surface area contributed by atoms with Crippen LogP contribution in [0.5, 0.6) is 5.75 Å². The van der Waals surface area contributed by atoms with E-state index >= 15 is 0 Å². The van der Waals surface area contributed by atoms with Crippen LogP contribution in [-0.2, 0) is 0 Å².